The minimum Gasteiger partial charge on any atom is -0.355 e. The zero-order valence-corrected chi connectivity index (χ0v) is 27.4. The molecule has 234 valence electrons. The third-order valence-corrected chi connectivity index (χ3v) is 10.2. The number of benzene rings is 7. The minimum absolute atomic E-state index is 0.801. The van der Waals surface area contributed by atoms with Crippen molar-refractivity contribution in [1.29, 1.82) is 0 Å². The van der Waals surface area contributed by atoms with Crippen molar-refractivity contribution < 1.29 is 0 Å². The van der Waals surface area contributed by atoms with E-state index in [0.717, 1.165) is 40.3 Å². The number of para-hydroxylation sites is 4. The Balaban J connectivity index is 1.32. The molecule has 0 atom stereocenters. The molecule has 0 fully saturated rings. The standard InChI is InChI=1S/C44H33N5/c1-46-28-48(39-22-11-10-21-38(39)46)32-16-12-17-33(27-32)49-40-24-23-30-15-6-7-18-34(30)42(40)43-35(29-13-4-3-5-14-29)25-31(26-41(43)49)44-45-36-19-8-9-20-37(36)47(44)2/h3-27H,28H2,1-2H3. The van der Waals surface area contributed by atoms with E-state index in [0.29, 0.717) is 0 Å². The van der Waals surface area contributed by atoms with Gasteiger partial charge in [0.2, 0.25) is 0 Å². The van der Waals surface area contributed by atoms with Crippen molar-refractivity contribution >= 4 is 60.7 Å². The number of imidazole rings is 1. The van der Waals surface area contributed by atoms with Crippen LogP contribution in [0, 0.1) is 0 Å². The van der Waals surface area contributed by atoms with E-state index in [2.05, 4.69) is 185 Å². The van der Waals surface area contributed by atoms with Crippen LogP contribution in [0.15, 0.2) is 152 Å². The number of fused-ring (bicyclic) bond motifs is 7. The van der Waals surface area contributed by atoms with E-state index in [4.69, 9.17) is 4.98 Å². The summed E-state index contributed by atoms with van der Waals surface area (Å²) in [6.45, 7) is 0.801. The Morgan fingerprint density at radius 2 is 1.29 bits per heavy atom. The molecule has 0 saturated heterocycles. The highest BCUT2D eigenvalue weighted by Crippen LogP contribution is 2.45. The van der Waals surface area contributed by atoms with Crippen LogP contribution in [0.25, 0.3) is 71.8 Å². The van der Waals surface area contributed by atoms with Gasteiger partial charge in [0.05, 0.1) is 40.1 Å². The lowest BCUT2D eigenvalue weighted by Gasteiger charge is -2.21. The lowest BCUT2D eigenvalue weighted by molar-refractivity contribution is 0.948. The number of rotatable bonds is 4. The van der Waals surface area contributed by atoms with Crippen LogP contribution in [-0.2, 0) is 7.05 Å². The van der Waals surface area contributed by atoms with Gasteiger partial charge >= 0.3 is 0 Å². The van der Waals surface area contributed by atoms with Crippen molar-refractivity contribution in [2.24, 2.45) is 7.05 Å². The Bertz CT molecular complexity index is 2740. The smallest absolute Gasteiger partial charge is 0.140 e. The zero-order valence-electron chi connectivity index (χ0n) is 27.4. The van der Waals surface area contributed by atoms with Crippen LogP contribution in [-0.4, -0.2) is 27.8 Å². The average molecular weight is 632 g/mol. The van der Waals surface area contributed by atoms with Crippen LogP contribution < -0.4 is 9.80 Å². The van der Waals surface area contributed by atoms with Crippen molar-refractivity contribution in [2.45, 2.75) is 0 Å². The predicted octanol–water partition coefficient (Wildman–Crippen LogP) is 10.7. The first-order chi connectivity index (χ1) is 24.1. The maximum absolute atomic E-state index is 5.17. The van der Waals surface area contributed by atoms with Gasteiger partial charge in [0.1, 0.15) is 5.82 Å². The van der Waals surface area contributed by atoms with Crippen LogP contribution in [0.3, 0.4) is 0 Å². The van der Waals surface area contributed by atoms with Gasteiger partial charge in [-0.15, -0.1) is 0 Å². The number of hydrogen-bond acceptors (Lipinski definition) is 3. The molecule has 5 heteroatoms. The minimum atomic E-state index is 0.801. The first-order valence-corrected chi connectivity index (χ1v) is 16.8. The van der Waals surface area contributed by atoms with E-state index < -0.39 is 0 Å². The number of nitrogens with zero attached hydrogens (tertiary/aromatic N) is 5. The molecule has 1 aliphatic heterocycles. The Kier molecular flexibility index (Phi) is 6.00. The van der Waals surface area contributed by atoms with Gasteiger partial charge in [-0.25, -0.2) is 4.98 Å². The van der Waals surface area contributed by atoms with Gasteiger partial charge in [-0.2, -0.15) is 0 Å². The molecule has 9 aromatic rings. The van der Waals surface area contributed by atoms with Gasteiger partial charge < -0.3 is 18.9 Å². The number of aromatic nitrogens is 3. The number of hydrogen-bond donors (Lipinski definition) is 0. The first kappa shape index (κ1) is 27.8. The van der Waals surface area contributed by atoms with Crippen LogP contribution >= 0.6 is 0 Å². The molecule has 0 saturated carbocycles. The molecule has 0 radical (unpaired) electrons. The first-order valence-electron chi connectivity index (χ1n) is 16.8. The fourth-order valence-corrected chi connectivity index (χ4v) is 7.96. The summed E-state index contributed by atoms with van der Waals surface area (Å²) >= 11 is 0. The fourth-order valence-electron chi connectivity index (χ4n) is 7.96. The van der Waals surface area contributed by atoms with Crippen molar-refractivity contribution in [1.82, 2.24) is 14.1 Å². The van der Waals surface area contributed by atoms with E-state index in [9.17, 15) is 0 Å². The summed E-state index contributed by atoms with van der Waals surface area (Å²) in [4.78, 5) is 9.88. The molecular formula is C44H33N5. The summed E-state index contributed by atoms with van der Waals surface area (Å²) < 4.78 is 4.68. The largest absolute Gasteiger partial charge is 0.355 e. The van der Waals surface area contributed by atoms with Gasteiger partial charge in [0, 0.05) is 41.8 Å². The molecular weight excluding hydrogens is 599 g/mol. The fraction of sp³-hybridized carbons (Fsp3) is 0.0682. The molecule has 10 rings (SSSR count). The predicted molar refractivity (Wildman–Crippen MR) is 205 cm³/mol. The average Bonchev–Trinajstić information content (AvgIpc) is 3.80. The summed E-state index contributed by atoms with van der Waals surface area (Å²) in [6.07, 6.45) is 0. The van der Waals surface area contributed by atoms with Gasteiger partial charge in [-0.3, -0.25) is 0 Å². The summed E-state index contributed by atoms with van der Waals surface area (Å²) in [5.74, 6) is 0.951. The highest BCUT2D eigenvalue weighted by atomic mass is 15.4. The van der Waals surface area contributed by atoms with Crippen LogP contribution in [0.1, 0.15) is 0 Å². The maximum atomic E-state index is 5.17. The molecule has 3 heterocycles. The molecule has 0 unspecified atom stereocenters. The van der Waals surface area contributed by atoms with Crippen LogP contribution in [0.4, 0.5) is 17.1 Å². The summed E-state index contributed by atoms with van der Waals surface area (Å²) in [7, 11) is 4.28. The lowest BCUT2D eigenvalue weighted by atomic mass is 9.95. The topological polar surface area (TPSA) is 29.2 Å². The van der Waals surface area contributed by atoms with Gasteiger partial charge in [0.25, 0.3) is 0 Å². The van der Waals surface area contributed by atoms with Crippen molar-refractivity contribution in [3.8, 4) is 28.2 Å². The molecule has 2 aromatic heterocycles. The number of aryl methyl sites for hydroxylation is 1. The molecule has 5 nitrogen and oxygen atoms in total. The highest BCUT2D eigenvalue weighted by Gasteiger charge is 2.25. The lowest BCUT2D eigenvalue weighted by Crippen LogP contribution is -2.24. The van der Waals surface area contributed by atoms with E-state index in [-0.39, 0.29) is 0 Å². The third kappa shape index (κ3) is 4.15. The van der Waals surface area contributed by atoms with Gasteiger partial charge in [-0.1, -0.05) is 91.0 Å². The maximum Gasteiger partial charge on any atom is 0.140 e. The SMILES string of the molecule is CN1CN(c2cccc(-n3c4cc(-c5nc6ccccc6n5C)cc(-c5ccccc5)c4c4c5ccccc5ccc43)c2)c2ccccc21. The summed E-state index contributed by atoms with van der Waals surface area (Å²) in [6, 6.07) is 54.9. The molecule has 0 aliphatic carbocycles. The van der Waals surface area contributed by atoms with E-state index in [1.54, 1.807) is 0 Å². The number of anilines is 3. The van der Waals surface area contributed by atoms with Crippen LogP contribution in [0.5, 0.6) is 0 Å². The second-order valence-corrected chi connectivity index (χ2v) is 13.1. The zero-order chi connectivity index (χ0) is 32.6. The second kappa shape index (κ2) is 10.6. The molecule has 7 aromatic carbocycles. The van der Waals surface area contributed by atoms with Crippen molar-refractivity contribution in [3.05, 3.63) is 152 Å². The van der Waals surface area contributed by atoms with E-state index in [1.807, 2.05) is 0 Å². The van der Waals surface area contributed by atoms with E-state index in [1.165, 1.54) is 55.3 Å². The Morgan fingerprint density at radius 1 is 0.531 bits per heavy atom. The van der Waals surface area contributed by atoms with Gasteiger partial charge in [0.15, 0.2) is 0 Å². The Hall–Kier alpha value is -6.33. The quantitative estimate of drug-likeness (QED) is 0.194. The monoisotopic (exact) mass is 631 g/mol. The van der Waals surface area contributed by atoms with Gasteiger partial charge in [-0.05, 0) is 82.6 Å². The molecule has 0 N–H and O–H groups in total. The summed E-state index contributed by atoms with van der Waals surface area (Å²) in [5, 5.41) is 5.00. The molecule has 0 amide bonds. The molecule has 0 bridgehead atoms. The molecule has 49 heavy (non-hydrogen) atoms. The van der Waals surface area contributed by atoms with Crippen LogP contribution in [0.2, 0.25) is 0 Å². The second-order valence-electron chi connectivity index (χ2n) is 13.1. The summed E-state index contributed by atoms with van der Waals surface area (Å²) in [5.41, 5.74) is 12.7. The van der Waals surface area contributed by atoms with Crippen molar-refractivity contribution in [2.75, 3.05) is 23.5 Å². The molecule has 1 aliphatic rings. The molecule has 0 spiro atoms. The Labute approximate surface area is 284 Å². The van der Waals surface area contributed by atoms with E-state index >= 15 is 0 Å². The van der Waals surface area contributed by atoms with Crippen molar-refractivity contribution in [3.63, 3.8) is 0 Å². The third-order valence-electron chi connectivity index (χ3n) is 10.2. The highest BCUT2D eigenvalue weighted by molar-refractivity contribution is 6.25. The normalized spacial score (nSPS) is 12.9. The Morgan fingerprint density at radius 3 is 2.16 bits per heavy atom.